The first-order valence-corrected chi connectivity index (χ1v) is 3.34. The third-order valence-electron chi connectivity index (χ3n) is 1.41. The van der Waals surface area contributed by atoms with Crippen LogP contribution in [0.2, 0.25) is 0 Å². The Morgan fingerprint density at radius 3 is 3.00 bits per heavy atom. The van der Waals surface area contributed by atoms with Gasteiger partial charge >= 0.3 is 0 Å². The van der Waals surface area contributed by atoms with Crippen LogP contribution in [0.1, 0.15) is 5.56 Å². The van der Waals surface area contributed by atoms with Crippen molar-refractivity contribution in [3.63, 3.8) is 0 Å². The summed E-state index contributed by atoms with van der Waals surface area (Å²) < 4.78 is 1.49. The van der Waals surface area contributed by atoms with Crippen LogP contribution in [0.3, 0.4) is 0 Å². The lowest BCUT2D eigenvalue weighted by molar-refractivity contribution is 0.793. The second-order valence-electron chi connectivity index (χ2n) is 2.37. The van der Waals surface area contributed by atoms with Crippen molar-refractivity contribution in [1.82, 2.24) is 4.57 Å². The van der Waals surface area contributed by atoms with E-state index in [9.17, 15) is 4.79 Å². The lowest BCUT2D eigenvalue weighted by Gasteiger charge is -1.98. The molecule has 0 amide bonds. The Morgan fingerprint density at radius 1 is 1.73 bits per heavy atom. The molecular weight excluding hydrogens is 138 g/mol. The fourth-order valence-electron chi connectivity index (χ4n) is 0.836. The first-order chi connectivity index (χ1) is 5.24. The largest absolute Gasteiger partial charge is 0.304 e. The minimum absolute atomic E-state index is 0.0389. The second-order valence-corrected chi connectivity index (χ2v) is 2.37. The van der Waals surface area contributed by atoms with E-state index in [1.165, 1.54) is 4.57 Å². The van der Waals surface area contributed by atoms with Gasteiger partial charge in [0.2, 0.25) is 0 Å². The van der Waals surface area contributed by atoms with E-state index in [2.05, 4.69) is 5.92 Å². The molecule has 0 aliphatic carbocycles. The molecular formula is C9H9NO. The number of hydrogen-bond donors (Lipinski definition) is 0. The Balaban J connectivity index is 3.12. The maximum atomic E-state index is 11.1. The molecule has 0 fully saturated rings. The maximum Gasteiger partial charge on any atom is 0.251 e. The van der Waals surface area contributed by atoms with Crippen LogP contribution in [-0.2, 0) is 6.54 Å². The zero-order valence-electron chi connectivity index (χ0n) is 6.37. The van der Waals surface area contributed by atoms with E-state index in [-0.39, 0.29) is 5.56 Å². The summed E-state index contributed by atoms with van der Waals surface area (Å²) >= 11 is 0. The van der Waals surface area contributed by atoms with Gasteiger partial charge in [-0.3, -0.25) is 4.79 Å². The van der Waals surface area contributed by atoms with Gasteiger partial charge in [0.25, 0.3) is 5.56 Å². The molecule has 2 nitrogen and oxygen atoms in total. The van der Waals surface area contributed by atoms with Gasteiger partial charge in [0.15, 0.2) is 0 Å². The van der Waals surface area contributed by atoms with Crippen LogP contribution in [0, 0.1) is 19.3 Å². The van der Waals surface area contributed by atoms with Crippen LogP contribution in [0.5, 0.6) is 0 Å². The quantitative estimate of drug-likeness (QED) is 0.538. The predicted octanol–water partition coefficient (Wildman–Crippen LogP) is 0.790. The van der Waals surface area contributed by atoms with E-state index in [1.54, 1.807) is 12.3 Å². The van der Waals surface area contributed by atoms with Gasteiger partial charge in [0, 0.05) is 12.3 Å². The molecule has 1 aromatic rings. The first kappa shape index (κ1) is 7.62. The summed E-state index contributed by atoms with van der Waals surface area (Å²) in [5.41, 5.74) is 0.922. The van der Waals surface area contributed by atoms with Gasteiger partial charge in [-0.15, -0.1) is 6.42 Å². The van der Waals surface area contributed by atoms with E-state index in [0.29, 0.717) is 6.54 Å². The summed E-state index contributed by atoms with van der Waals surface area (Å²) in [6, 6.07) is 3.43. The summed E-state index contributed by atoms with van der Waals surface area (Å²) in [4.78, 5) is 11.1. The van der Waals surface area contributed by atoms with E-state index in [4.69, 9.17) is 6.42 Å². The molecule has 0 aliphatic rings. The van der Waals surface area contributed by atoms with Gasteiger partial charge in [-0.2, -0.15) is 0 Å². The molecule has 0 spiro atoms. The number of rotatable bonds is 1. The van der Waals surface area contributed by atoms with Gasteiger partial charge in [-0.25, -0.2) is 0 Å². The van der Waals surface area contributed by atoms with Gasteiger partial charge in [-0.1, -0.05) is 5.92 Å². The smallest absolute Gasteiger partial charge is 0.251 e. The molecule has 0 atom stereocenters. The van der Waals surface area contributed by atoms with Crippen molar-refractivity contribution in [3.05, 3.63) is 34.2 Å². The zero-order valence-corrected chi connectivity index (χ0v) is 6.37. The van der Waals surface area contributed by atoms with Crippen molar-refractivity contribution in [1.29, 1.82) is 0 Å². The minimum atomic E-state index is -0.0389. The highest BCUT2D eigenvalue weighted by molar-refractivity contribution is 5.08. The third kappa shape index (κ3) is 1.71. The zero-order chi connectivity index (χ0) is 8.27. The fraction of sp³-hybridized carbons (Fsp3) is 0.222. The SMILES string of the molecule is C#CCn1ccc(C)cc1=O. The topological polar surface area (TPSA) is 22.0 Å². The lowest BCUT2D eigenvalue weighted by Crippen LogP contribution is -2.17. The molecule has 0 saturated carbocycles. The number of nitrogens with zero attached hydrogens (tertiary/aromatic N) is 1. The van der Waals surface area contributed by atoms with Crippen molar-refractivity contribution < 1.29 is 0 Å². The van der Waals surface area contributed by atoms with Crippen molar-refractivity contribution >= 4 is 0 Å². The standard InChI is InChI=1S/C9H9NO/c1-3-5-10-6-4-8(2)7-9(10)11/h1,4,6-7H,5H2,2H3. The van der Waals surface area contributed by atoms with Crippen LogP contribution in [0.25, 0.3) is 0 Å². The highest BCUT2D eigenvalue weighted by Gasteiger charge is 1.91. The summed E-state index contributed by atoms with van der Waals surface area (Å²) in [6.07, 6.45) is 6.76. The van der Waals surface area contributed by atoms with E-state index in [1.807, 2.05) is 13.0 Å². The Kier molecular flexibility index (Phi) is 2.12. The molecule has 1 heterocycles. The Bertz CT molecular complexity index is 343. The molecule has 1 aromatic heterocycles. The van der Waals surface area contributed by atoms with Gasteiger partial charge in [0.1, 0.15) is 0 Å². The number of hydrogen-bond acceptors (Lipinski definition) is 1. The Labute approximate surface area is 65.5 Å². The molecule has 0 radical (unpaired) electrons. The molecule has 0 saturated heterocycles. The fourth-order valence-corrected chi connectivity index (χ4v) is 0.836. The maximum absolute atomic E-state index is 11.1. The molecule has 0 bridgehead atoms. The van der Waals surface area contributed by atoms with Gasteiger partial charge in [-0.05, 0) is 18.6 Å². The van der Waals surface area contributed by atoms with Gasteiger partial charge < -0.3 is 4.57 Å². The molecule has 0 aliphatic heterocycles. The van der Waals surface area contributed by atoms with E-state index < -0.39 is 0 Å². The summed E-state index contributed by atoms with van der Waals surface area (Å²) in [7, 11) is 0. The summed E-state index contributed by atoms with van der Waals surface area (Å²) in [6.45, 7) is 2.22. The van der Waals surface area contributed by atoms with E-state index >= 15 is 0 Å². The number of terminal acetylenes is 1. The van der Waals surface area contributed by atoms with Crippen LogP contribution in [0.15, 0.2) is 23.1 Å². The molecule has 1 rings (SSSR count). The van der Waals surface area contributed by atoms with E-state index in [0.717, 1.165) is 5.56 Å². The summed E-state index contributed by atoms with van der Waals surface area (Å²) in [5.74, 6) is 2.41. The normalized spacial score (nSPS) is 9.09. The number of aromatic nitrogens is 1. The first-order valence-electron chi connectivity index (χ1n) is 3.34. The molecule has 0 N–H and O–H groups in total. The predicted molar refractivity (Wildman–Crippen MR) is 44.3 cm³/mol. The lowest BCUT2D eigenvalue weighted by atomic mass is 10.3. The Morgan fingerprint density at radius 2 is 2.45 bits per heavy atom. The number of aryl methyl sites for hydroxylation is 1. The molecule has 0 aromatic carbocycles. The molecule has 11 heavy (non-hydrogen) atoms. The van der Waals surface area contributed by atoms with Crippen LogP contribution >= 0.6 is 0 Å². The second kappa shape index (κ2) is 3.07. The van der Waals surface area contributed by atoms with Crippen LogP contribution < -0.4 is 5.56 Å². The molecule has 56 valence electrons. The molecule has 2 heteroatoms. The van der Waals surface area contributed by atoms with Crippen molar-refractivity contribution in [2.45, 2.75) is 13.5 Å². The van der Waals surface area contributed by atoms with Crippen LogP contribution in [0.4, 0.5) is 0 Å². The van der Waals surface area contributed by atoms with Crippen molar-refractivity contribution in [2.75, 3.05) is 0 Å². The third-order valence-corrected chi connectivity index (χ3v) is 1.41. The monoisotopic (exact) mass is 147 g/mol. The van der Waals surface area contributed by atoms with Crippen LogP contribution in [-0.4, -0.2) is 4.57 Å². The van der Waals surface area contributed by atoms with Crippen molar-refractivity contribution in [2.24, 2.45) is 0 Å². The van der Waals surface area contributed by atoms with Crippen molar-refractivity contribution in [3.8, 4) is 12.3 Å². The molecule has 0 unspecified atom stereocenters. The highest BCUT2D eigenvalue weighted by atomic mass is 16.1. The highest BCUT2D eigenvalue weighted by Crippen LogP contribution is 1.89. The summed E-state index contributed by atoms with van der Waals surface area (Å²) in [5, 5.41) is 0. The number of pyridine rings is 1. The average molecular weight is 147 g/mol. The average Bonchev–Trinajstić information content (AvgIpc) is 1.95. The Hall–Kier alpha value is -1.49. The van der Waals surface area contributed by atoms with Gasteiger partial charge in [0.05, 0.1) is 6.54 Å². The minimum Gasteiger partial charge on any atom is -0.304 e.